The van der Waals surface area contributed by atoms with Crippen LogP contribution in [0.1, 0.15) is 59.8 Å². The van der Waals surface area contributed by atoms with E-state index in [1.165, 1.54) is 0 Å². The van der Waals surface area contributed by atoms with Gasteiger partial charge in [0.1, 0.15) is 5.73 Å². The lowest BCUT2D eigenvalue weighted by atomic mass is 9.65. The second kappa shape index (κ2) is 5.06. The van der Waals surface area contributed by atoms with Crippen LogP contribution in [0.2, 0.25) is 0 Å². The molecular weight excluding hydrogens is 284 g/mol. The van der Waals surface area contributed by atoms with Crippen LogP contribution in [0.4, 0.5) is 4.39 Å². The number of rotatable bonds is 1. The van der Waals surface area contributed by atoms with Crippen LogP contribution in [0, 0.1) is 5.41 Å². The number of carbonyl (C=O) groups is 1. The van der Waals surface area contributed by atoms with Crippen molar-refractivity contribution in [2.24, 2.45) is 5.41 Å². The lowest BCUT2D eigenvalue weighted by Crippen LogP contribution is -2.41. The van der Waals surface area contributed by atoms with Gasteiger partial charge < -0.3 is 14.6 Å². The van der Waals surface area contributed by atoms with Gasteiger partial charge in [0.05, 0.1) is 16.6 Å². The molecule has 1 amide bonds. The molecule has 0 radical (unpaired) electrons. The summed E-state index contributed by atoms with van der Waals surface area (Å²) in [6.45, 7) is 8.25. The van der Waals surface area contributed by atoms with Crippen molar-refractivity contribution in [3.63, 3.8) is 0 Å². The van der Waals surface area contributed by atoms with Gasteiger partial charge in [0.25, 0.3) is 0 Å². The van der Waals surface area contributed by atoms with E-state index in [-0.39, 0.29) is 11.6 Å². The topological polar surface area (TPSA) is 47.6 Å². The molecule has 0 aromatic heterocycles. The normalized spacial score (nSPS) is 35.9. The van der Waals surface area contributed by atoms with Crippen LogP contribution in [0.3, 0.4) is 0 Å². The lowest BCUT2D eigenvalue weighted by Gasteiger charge is -2.34. The zero-order valence-corrected chi connectivity index (χ0v) is 13.9. The summed E-state index contributed by atoms with van der Waals surface area (Å²) < 4.78 is 26.9. The van der Waals surface area contributed by atoms with Gasteiger partial charge in [-0.3, -0.25) is 4.79 Å². The lowest BCUT2D eigenvalue weighted by molar-refractivity contribution is -0.126. The van der Waals surface area contributed by atoms with Crippen molar-refractivity contribution >= 4 is 13.0 Å². The molecule has 0 bridgehead atoms. The van der Waals surface area contributed by atoms with Crippen LogP contribution in [0.5, 0.6) is 0 Å². The van der Waals surface area contributed by atoms with Crippen LogP contribution in [-0.2, 0) is 14.1 Å². The van der Waals surface area contributed by atoms with E-state index in [0.717, 1.165) is 19.3 Å². The first-order valence-corrected chi connectivity index (χ1v) is 8.23. The van der Waals surface area contributed by atoms with E-state index in [1.807, 2.05) is 27.7 Å². The highest BCUT2D eigenvalue weighted by Gasteiger charge is 2.56. The van der Waals surface area contributed by atoms with Gasteiger partial charge in [-0.05, 0) is 59.0 Å². The molecule has 3 rings (SSSR count). The zero-order valence-electron chi connectivity index (χ0n) is 13.9. The first-order valence-electron chi connectivity index (χ1n) is 8.23. The number of carbonyl (C=O) groups excluding carboxylic acids is 1. The number of hydrogen-bond acceptors (Lipinski definition) is 3. The van der Waals surface area contributed by atoms with Crippen molar-refractivity contribution in [2.45, 2.75) is 71.0 Å². The number of nitrogens with one attached hydrogen (secondary N) is 1. The minimum Gasteiger partial charge on any atom is -0.398 e. The summed E-state index contributed by atoms with van der Waals surface area (Å²) >= 11 is 0. The fraction of sp³-hybridized carbons (Fsp3) is 0.812. The van der Waals surface area contributed by atoms with Gasteiger partial charge in [0.15, 0.2) is 0 Å². The van der Waals surface area contributed by atoms with Crippen LogP contribution >= 0.6 is 0 Å². The first kappa shape index (κ1) is 16.0. The summed E-state index contributed by atoms with van der Waals surface area (Å²) in [6, 6.07) is 0. The monoisotopic (exact) mass is 309 g/mol. The van der Waals surface area contributed by atoms with Crippen LogP contribution in [0.15, 0.2) is 11.3 Å². The van der Waals surface area contributed by atoms with Gasteiger partial charge in [-0.2, -0.15) is 0 Å². The molecule has 22 heavy (non-hydrogen) atoms. The predicted molar refractivity (Wildman–Crippen MR) is 82.7 cm³/mol. The summed E-state index contributed by atoms with van der Waals surface area (Å²) in [5.41, 5.74) is -1.60. The van der Waals surface area contributed by atoms with E-state index in [1.54, 1.807) is 0 Å². The Hall–Kier alpha value is -0.875. The third-order valence-electron chi connectivity index (χ3n) is 5.88. The second-order valence-electron chi connectivity index (χ2n) is 7.71. The molecule has 3 fully saturated rings. The number of amides is 1. The minimum absolute atomic E-state index is 0.0335. The van der Waals surface area contributed by atoms with E-state index in [9.17, 15) is 4.79 Å². The minimum atomic E-state index is -0.997. The van der Waals surface area contributed by atoms with E-state index in [2.05, 4.69) is 5.32 Å². The van der Waals surface area contributed by atoms with E-state index in [0.29, 0.717) is 25.0 Å². The molecule has 0 aromatic rings. The number of hydrogen-bond donors (Lipinski definition) is 1. The molecule has 1 aliphatic carbocycles. The standard InChI is InChI=1S/C16H25BFNO3/c1-14(2)15(3,4)22-17(21-14)12(18)11-7-5-6-8-16(11)9-10-19-13(16)20/h5-10H2,1-4H3,(H,19,20). The molecule has 1 N–H and O–H groups in total. The molecule has 1 unspecified atom stereocenters. The van der Waals surface area contributed by atoms with Gasteiger partial charge in [0, 0.05) is 6.54 Å². The number of halogens is 1. The van der Waals surface area contributed by atoms with Crippen LogP contribution in [0.25, 0.3) is 0 Å². The molecule has 1 saturated carbocycles. The Morgan fingerprint density at radius 2 is 1.77 bits per heavy atom. The average molecular weight is 309 g/mol. The van der Waals surface area contributed by atoms with Crippen molar-refractivity contribution in [1.82, 2.24) is 5.32 Å². The summed E-state index contributed by atoms with van der Waals surface area (Å²) in [4.78, 5) is 12.3. The third-order valence-corrected chi connectivity index (χ3v) is 5.88. The molecule has 1 spiro atoms. The van der Waals surface area contributed by atoms with Gasteiger partial charge in [-0.15, -0.1) is 0 Å². The molecule has 6 heteroatoms. The summed E-state index contributed by atoms with van der Waals surface area (Å²) in [5, 5.41) is 2.87. The third kappa shape index (κ3) is 2.23. The van der Waals surface area contributed by atoms with Gasteiger partial charge in [0.2, 0.25) is 5.91 Å². The van der Waals surface area contributed by atoms with Crippen molar-refractivity contribution in [3.8, 4) is 0 Å². The maximum absolute atomic E-state index is 15.2. The highest BCUT2D eigenvalue weighted by molar-refractivity contribution is 6.54. The molecule has 4 nitrogen and oxygen atoms in total. The Labute approximate surface area is 132 Å². The quantitative estimate of drug-likeness (QED) is 0.758. The second-order valence-corrected chi connectivity index (χ2v) is 7.71. The van der Waals surface area contributed by atoms with Gasteiger partial charge in [-0.25, -0.2) is 4.39 Å². The highest BCUT2D eigenvalue weighted by Crippen LogP contribution is 2.49. The van der Waals surface area contributed by atoms with E-state index < -0.39 is 23.7 Å². The van der Waals surface area contributed by atoms with Gasteiger partial charge >= 0.3 is 7.12 Å². The summed E-state index contributed by atoms with van der Waals surface area (Å²) in [5.74, 6) is -0.0335. The maximum Gasteiger partial charge on any atom is 0.525 e. The summed E-state index contributed by atoms with van der Waals surface area (Å²) in [7, 11) is -0.997. The van der Waals surface area contributed by atoms with Crippen molar-refractivity contribution < 1.29 is 18.5 Å². The zero-order chi connectivity index (χ0) is 16.2. The Bertz CT molecular complexity index is 515. The first-order chi connectivity index (χ1) is 10.2. The van der Waals surface area contributed by atoms with E-state index >= 15 is 4.39 Å². The SMILES string of the molecule is CC1(C)OB(C(F)=C2CCCCC23CCNC3=O)OC1(C)C. The Balaban J connectivity index is 1.96. The predicted octanol–water partition coefficient (Wildman–Crippen LogP) is 2.92. The van der Waals surface area contributed by atoms with Gasteiger partial charge in [-0.1, -0.05) is 6.42 Å². The van der Waals surface area contributed by atoms with Crippen LogP contribution < -0.4 is 5.32 Å². The molecular formula is C16H25BFNO3. The molecule has 1 atom stereocenters. The van der Waals surface area contributed by atoms with E-state index in [4.69, 9.17) is 9.31 Å². The van der Waals surface area contributed by atoms with Crippen LogP contribution in [-0.4, -0.2) is 30.8 Å². The highest BCUT2D eigenvalue weighted by atomic mass is 19.1. The molecule has 2 aliphatic heterocycles. The fourth-order valence-corrected chi connectivity index (χ4v) is 3.75. The maximum atomic E-state index is 15.2. The molecule has 2 heterocycles. The summed E-state index contributed by atoms with van der Waals surface area (Å²) in [6.07, 6.45) is 3.89. The Morgan fingerprint density at radius 3 is 2.32 bits per heavy atom. The average Bonchev–Trinajstić information content (AvgIpc) is 2.88. The molecule has 122 valence electrons. The fourth-order valence-electron chi connectivity index (χ4n) is 3.75. The Morgan fingerprint density at radius 1 is 1.14 bits per heavy atom. The van der Waals surface area contributed by atoms with Crippen molar-refractivity contribution in [1.29, 1.82) is 0 Å². The smallest absolute Gasteiger partial charge is 0.398 e. The molecule has 0 aromatic carbocycles. The van der Waals surface area contributed by atoms with Crippen molar-refractivity contribution in [2.75, 3.05) is 6.54 Å². The molecule has 3 aliphatic rings. The van der Waals surface area contributed by atoms with Crippen molar-refractivity contribution in [3.05, 3.63) is 11.3 Å². The Kier molecular flexibility index (Phi) is 3.68. The largest absolute Gasteiger partial charge is 0.525 e. The molecule has 2 saturated heterocycles.